The highest BCUT2D eigenvalue weighted by atomic mass is 32.1. The zero-order valence-electron chi connectivity index (χ0n) is 27.2. The van der Waals surface area contributed by atoms with Gasteiger partial charge in [0.25, 0.3) is 0 Å². The van der Waals surface area contributed by atoms with Crippen LogP contribution >= 0.6 is 11.3 Å². The van der Waals surface area contributed by atoms with Crippen LogP contribution < -0.4 is 0 Å². The first kappa shape index (κ1) is 32.4. The predicted molar refractivity (Wildman–Crippen MR) is 209 cm³/mol. The first-order chi connectivity index (χ1) is 22.6. The van der Waals surface area contributed by atoms with Crippen molar-refractivity contribution in [1.82, 2.24) is 0 Å². The molecule has 0 unspecified atom stereocenters. The Hall–Kier alpha value is -4.98. The monoisotopic (exact) mass is 614 g/mol. The molecule has 0 aliphatic rings. The van der Waals surface area contributed by atoms with E-state index in [1.165, 1.54) is 59.1 Å². The fourth-order valence-corrected chi connectivity index (χ4v) is 6.88. The van der Waals surface area contributed by atoms with Crippen molar-refractivity contribution in [2.75, 3.05) is 0 Å². The number of hydrogen-bond donors (Lipinski definition) is 0. The molecule has 0 amide bonds. The highest BCUT2D eigenvalue weighted by Crippen LogP contribution is 2.39. The van der Waals surface area contributed by atoms with Crippen LogP contribution in [0, 0.1) is 0 Å². The van der Waals surface area contributed by atoms with Crippen LogP contribution in [-0.4, -0.2) is 0 Å². The topological polar surface area (TPSA) is 0 Å². The second-order valence-corrected chi connectivity index (χ2v) is 12.2. The van der Waals surface area contributed by atoms with Crippen molar-refractivity contribution < 1.29 is 0 Å². The second kappa shape index (κ2) is 15.8. The summed E-state index contributed by atoms with van der Waals surface area (Å²) in [6.45, 7) is 14.6. The van der Waals surface area contributed by atoms with Crippen molar-refractivity contribution in [3.05, 3.63) is 181 Å². The van der Waals surface area contributed by atoms with Gasteiger partial charge in [-0.2, -0.15) is 0 Å². The summed E-state index contributed by atoms with van der Waals surface area (Å²) in [4.78, 5) is 0. The molecule has 0 spiro atoms. The van der Waals surface area contributed by atoms with E-state index >= 15 is 0 Å². The average molecular weight is 615 g/mol. The molecule has 1 heterocycles. The molecule has 0 atom stereocenters. The molecule has 4 aromatic carbocycles. The molecule has 0 radical (unpaired) electrons. The standard InChI is InChI=1S/C45H42S/c1-6-10-12-13-18-33(5)38-30-39(35(9-4)19-11-7-2)32-40(31-38)36-27-24-34(25-28-36)26-29-37(17-8-3)41-21-16-22-43-42-20-14-15-23-44(42)46-45(41)43/h6-7,10-32H,1,5,8-9H2,2-4H3/b11-7-,12-10-,18-13-,29-26-,35-19+,37-17+. The molecule has 1 heteroatoms. The van der Waals surface area contributed by atoms with Crippen molar-refractivity contribution in [2.45, 2.75) is 33.6 Å². The summed E-state index contributed by atoms with van der Waals surface area (Å²) < 4.78 is 2.68. The van der Waals surface area contributed by atoms with Crippen LogP contribution in [0.3, 0.4) is 0 Å². The van der Waals surface area contributed by atoms with E-state index < -0.39 is 0 Å². The Kier molecular flexibility index (Phi) is 11.2. The van der Waals surface area contributed by atoms with E-state index in [1.54, 1.807) is 6.08 Å². The van der Waals surface area contributed by atoms with Crippen LogP contribution in [-0.2, 0) is 0 Å². The van der Waals surface area contributed by atoms with Crippen LogP contribution in [0.1, 0.15) is 55.9 Å². The maximum absolute atomic E-state index is 4.38. The predicted octanol–water partition coefficient (Wildman–Crippen LogP) is 13.9. The molecule has 0 saturated carbocycles. The molecular formula is C45H42S. The van der Waals surface area contributed by atoms with Crippen LogP contribution in [0.25, 0.3) is 54.1 Å². The van der Waals surface area contributed by atoms with Crippen molar-refractivity contribution in [1.29, 1.82) is 0 Å². The SMILES string of the molecule is C=C/C=C\C=C/C(=C)c1cc(/C(=C/C=C\C)CC)cc(-c2ccc(/C=C\C(=C/CC)c3cccc4c3sc3ccccc34)cc2)c1. The molecule has 5 aromatic rings. The van der Waals surface area contributed by atoms with Crippen molar-refractivity contribution in [3.63, 3.8) is 0 Å². The van der Waals surface area contributed by atoms with E-state index in [1.807, 2.05) is 29.6 Å². The fraction of sp³-hybridized carbons (Fsp3) is 0.111. The van der Waals surface area contributed by atoms with Gasteiger partial charge in [0.15, 0.2) is 0 Å². The Balaban J connectivity index is 1.47. The maximum atomic E-state index is 4.38. The zero-order valence-corrected chi connectivity index (χ0v) is 28.0. The Morgan fingerprint density at radius 1 is 0.761 bits per heavy atom. The van der Waals surface area contributed by atoms with Crippen molar-refractivity contribution in [2.24, 2.45) is 0 Å². The molecule has 228 valence electrons. The highest BCUT2D eigenvalue weighted by Gasteiger charge is 2.11. The van der Waals surface area contributed by atoms with Crippen molar-refractivity contribution in [3.8, 4) is 11.1 Å². The lowest BCUT2D eigenvalue weighted by Gasteiger charge is -2.13. The smallest absolute Gasteiger partial charge is 0.0433 e. The molecule has 0 aliphatic heterocycles. The maximum Gasteiger partial charge on any atom is 0.0433 e. The number of rotatable bonds is 12. The van der Waals surface area contributed by atoms with Crippen LogP contribution in [0.4, 0.5) is 0 Å². The average Bonchev–Trinajstić information content (AvgIpc) is 3.48. The van der Waals surface area contributed by atoms with Gasteiger partial charge in [0.05, 0.1) is 0 Å². The van der Waals surface area contributed by atoms with Gasteiger partial charge >= 0.3 is 0 Å². The number of allylic oxidation sites excluding steroid dienone is 13. The summed E-state index contributed by atoms with van der Waals surface area (Å²) in [7, 11) is 0. The van der Waals surface area contributed by atoms with E-state index in [0.717, 1.165) is 24.0 Å². The van der Waals surface area contributed by atoms with Gasteiger partial charge in [0.2, 0.25) is 0 Å². The van der Waals surface area contributed by atoms with Gasteiger partial charge in [-0.15, -0.1) is 11.3 Å². The third-order valence-corrected chi connectivity index (χ3v) is 9.26. The van der Waals surface area contributed by atoms with Crippen molar-refractivity contribution >= 4 is 54.3 Å². The lowest BCUT2D eigenvalue weighted by atomic mass is 9.92. The van der Waals surface area contributed by atoms with E-state index in [9.17, 15) is 0 Å². The van der Waals surface area contributed by atoms with Crippen LogP contribution in [0.2, 0.25) is 0 Å². The summed E-state index contributed by atoms with van der Waals surface area (Å²) in [5, 5.41) is 2.66. The lowest BCUT2D eigenvalue weighted by molar-refractivity contribution is 1.23. The number of benzene rings is 4. The van der Waals surface area contributed by atoms with Gasteiger partial charge in [-0.05, 0) is 94.1 Å². The Morgan fingerprint density at radius 3 is 2.30 bits per heavy atom. The molecule has 0 nitrogen and oxygen atoms in total. The van der Waals surface area contributed by atoms with E-state index in [4.69, 9.17) is 0 Å². The third kappa shape index (κ3) is 7.62. The second-order valence-electron chi connectivity index (χ2n) is 11.2. The Morgan fingerprint density at radius 2 is 1.54 bits per heavy atom. The van der Waals surface area contributed by atoms with Gasteiger partial charge in [0, 0.05) is 20.2 Å². The van der Waals surface area contributed by atoms with E-state index in [-0.39, 0.29) is 0 Å². The minimum atomic E-state index is 0.949. The molecule has 1 aromatic heterocycles. The lowest BCUT2D eigenvalue weighted by Crippen LogP contribution is -1.90. The number of hydrogen-bond acceptors (Lipinski definition) is 1. The first-order valence-corrected chi connectivity index (χ1v) is 16.9. The molecule has 0 aliphatic carbocycles. The van der Waals surface area contributed by atoms with Gasteiger partial charge in [-0.1, -0.05) is 155 Å². The summed E-state index contributed by atoms with van der Waals surface area (Å²) in [6, 6.07) is 31.1. The molecule has 0 saturated heterocycles. The van der Waals surface area contributed by atoms with Crippen LogP contribution in [0.5, 0.6) is 0 Å². The molecule has 5 rings (SSSR count). The first-order valence-electron chi connectivity index (χ1n) is 16.1. The molecule has 0 N–H and O–H groups in total. The minimum Gasteiger partial charge on any atom is -0.135 e. The zero-order chi connectivity index (χ0) is 32.3. The summed E-state index contributed by atoms with van der Waals surface area (Å²) in [6.07, 6.45) is 24.9. The van der Waals surface area contributed by atoms with Gasteiger partial charge in [0.1, 0.15) is 0 Å². The molecule has 0 bridgehead atoms. The normalized spacial score (nSPS) is 12.9. The van der Waals surface area contributed by atoms with Crippen LogP contribution in [0.15, 0.2) is 159 Å². The Labute approximate surface area is 279 Å². The fourth-order valence-electron chi connectivity index (χ4n) is 5.64. The molecular weight excluding hydrogens is 573 g/mol. The number of thiophene rings is 1. The quantitative estimate of drug-likeness (QED) is 0.123. The largest absolute Gasteiger partial charge is 0.135 e. The summed E-state index contributed by atoms with van der Waals surface area (Å²) in [5.74, 6) is 0. The highest BCUT2D eigenvalue weighted by molar-refractivity contribution is 7.26. The van der Waals surface area contributed by atoms with Gasteiger partial charge in [-0.25, -0.2) is 0 Å². The summed E-state index contributed by atoms with van der Waals surface area (Å²) >= 11 is 1.88. The number of fused-ring (bicyclic) bond motifs is 3. The van der Waals surface area contributed by atoms with E-state index in [0.29, 0.717) is 0 Å². The molecule has 46 heavy (non-hydrogen) atoms. The Bertz CT molecular complexity index is 2030. The minimum absolute atomic E-state index is 0.949. The van der Waals surface area contributed by atoms with Gasteiger partial charge in [-0.3, -0.25) is 0 Å². The third-order valence-electron chi connectivity index (χ3n) is 8.04. The van der Waals surface area contributed by atoms with Gasteiger partial charge < -0.3 is 0 Å². The molecule has 0 fully saturated rings. The van der Waals surface area contributed by atoms with E-state index in [2.05, 4.69) is 161 Å². The summed E-state index contributed by atoms with van der Waals surface area (Å²) in [5.41, 5.74) is 10.7.